The maximum atomic E-state index is 12.3. The van der Waals surface area contributed by atoms with Crippen LogP contribution in [0.4, 0.5) is 0 Å². The molecule has 0 saturated heterocycles. The zero-order valence-electron chi connectivity index (χ0n) is 14.5. The molecule has 5 heteroatoms. The van der Waals surface area contributed by atoms with E-state index in [0.29, 0.717) is 22.4 Å². The van der Waals surface area contributed by atoms with Crippen LogP contribution in [0.2, 0.25) is 0 Å². The van der Waals surface area contributed by atoms with Crippen LogP contribution in [0.15, 0.2) is 24.3 Å². The number of benzene rings is 1. The molecular weight excluding hydrogens is 306 g/mol. The van der Waals surface area contributed by atoms with Crippen LogP contribution in [0.25, 0.3) is 0 Å². The highest BCUT2D eigenvalue weighted by atomic mass is 16.5. The van der Waals surface area contributed by atoms with Gasteiger partial charge in [0.25, 0.3) is 0 Å². The van der Waals surface area contributed by atoms with E-state index < -0.39 is 12.1 Å². The summed E-state index contributed by atoms with van der Waals surface area (Å²) in [4.78, 5) is 39.2. The minimum Gasteiger partial charge on any atom is -0.450 e. The molecule has 1 N–H and O–H groups in total. The van der Waals surface area contributed by atoms with E-state index >= 15 is 0 Å². The summed E-state index contributed by atoms with van der Waals surface area (Å²) in [7, 11) is 0. The molecule has 2 rings (SSSR count). The number of ketones is 2. The first-order chi connectivity index (χ1) is 11.2. The Kier molecular flexibility index (Phi) is 5.02. The van der Waals surface area contributed by atoms with E-state index in [-0.39, 0.29) is 17.3 Å². The smallest absolute Gasteiger partial charge is 0.355 e. The molecule has 24 heavy (non-hydrogen) atoms. The van der Waals surface area contributed by atoms with Gasteiger partial charge in [-0.3, -0.25) is 9.59 Å². The highest BCUT2D eigenvalue weighted by molar-refractivity contribution is 6.03. The number of Topliss-reactive ketones (excluding diaryl/α,β-unsaturated/α-hetero) is 2. The number of aromatic nitrogens is 1. The second-order valence-electron chi connectivity index (χ2n) is 5.96. The average molecular weight is 327 g/mol. The molecule has 0 aliphatic rings. The number of aromatic amines is 1. The van der Waals surface area contributed by atoms with Crippen molar-refractivity contribution in [3.8, 4) is 0 Å². The molecule has 0 radical (unpaired) electrons. The van der Waals surface area contributed by atoms with E-state index in [1.54, 1.807) is 26.0 Å². The number of ether oxygens (including phenoxy) is 1. The van der Waals surface area contributed by atoms with Crippen molar-refractivity contribution >= 4 is 17.5 Å². The van der Waals surface area contributed by atoms with E-state index in [2.05, 4.69) is 4.98 Å². The zero-order valence-corrected chi connectivity index (χ0v) is 14.5. The molecular formula is C19H21NO4. The van der Waals surface area contributed by atoms with E-state index in [1.807, 2.05) is 19.1 Å². The van der Waals surface area contributed by atoms with Crippen LogP contribution in [-0.4, -0.2) is 28.6 Å². The van der Waals surface area contributed by atoms with Crippen molar-refractivity contribution in [2.24, 2.45) is 0 Å². The van der Waals surface area contributed by atoms with Crippen LogP contribution >= 0.6 is 0 Å². The van der Waals surface area contributed by atoms with Crippen LogP contribution < -0.4 is 0 Å². The summed E-state index contributed by atoms with van der Waals surface area (Å²) >= 11 is 0. The van der Waals surface area contributed by atoms with Gasteiger partial charge >= 0.3 is 5.97 Å². The second-order valence-corrected chi connectivity index (χ2v) is 5.96. The van der Waals surface area contributed by atoms with Gasteiger partial charge in [0.05, 0.1) is 0 Å². The highest BCUT2D eigenvalue weighted by Gasteiger charge is 2.25. The molecule has 0 saturated carbocycles. The minimum atomic E-state index is -0.913. The van der Waals surface area contributed by atoms with Gasteiger partial charge in [0.1, 0.15) is 5.69 Å². The van der Waals surface area contributed by atoms with Gasteiger partial charge in [-0.2, -0.15) is 0 Å². The summed E-state index contributed by atoms with van der Waals surface area (Å²) in [5.74, 6) is -1.03. The molecule has 0 spiro atoms. The number of nitrogens with one attached hydrogen (secondary N) is 1. The fourth-order valence-corrected chi connectivity index (χ4v) is 2.71. The molecule has 1 unspecified atom stereocenters. The van der Waals surface area contributed by atoms with Crippen molar-refractivity contribution in [2.75, 3.05) is 0 Å². The lowest BCUT2D eigenvalue weighted by atomic mass is 10.1. The van der Waals surface area contributed by atoms with Crippen LogP contribution in [0.5, 0.6) is 0 Å². The van der Waals surface area contributed by atoms with Gasteiger partial charge < -0.3 is 9.72 Å². The maximum Gasteiger partial charge on any atom is 0.355 e. The lowest BCUT2D eigenvalue weighted by Gasteiger charge is -2.12. The molecule has 5 nitrogen and oxygen atoms in total. The van der Waals surface area contributed by atoms with Crippen molar-refractivity contribution in [3.05, 3.63) is 57.9 Å². The number of H-pyrrole nitrogens is 1. The van der Waals surface area contributed by atoms with Crippen molar-refractivity contribution in [3.63, 3.8) is 0 Å². The number of carbonyl (C=O) groups excluding carboxylic acids is 3. The van der Waals surface area contributed by atoms with Crippen molar-refractivity contribution in [1.82, 2.24) is 4.98 Å². The number of aryl methyl sites for hydroxylation is 2. The summed E-state index contributed by atoms with van der Waals surface area (Å²) in [6.07, 6.45) is -0.913. The van der Waals surface area contributed by atoms with E-state index in [1.165, 1.54) is 13.8 Å². The molecule has 0 amide bonds. The molecule has 1 aromatic heterocycles. The standard InChI is InChI=1S/C19H21NO4/c1-10-6-8-15(9-7-10)18(22)14(5)24-19(23)17-11(2)16(13(4)21)12(3)20-17/h6-9,14,20H,1-5H3. The van der Waals surface area contributed by atoms with Gasteiger partial charge in [-0.25, -0.2) is 4.79 Å². The number of carbonyl (C=O) groups is 3. The zero-order chi connectivity index (χ0) is 18.0. The van der Waals surface area contributed by atoms with Gasteiger partial charge in [0.15, 0.2) is 11.9 Å². The number of rotatable bonds is 5. The van der Waals surface area contributed by atoms with E-state index in [0.717, 1.165) is 5.56 Å². The van der Waals surface area contributed by atoms with Crippen LogP contribution in [0.1, 0.15) is 61.9 Å². The minimum absolute atomic E-state index is 0.121. The predicted octanol–water partition coefficient (Wildman–Crippen LogP) is 3.57. The SMILES string of the molecule is CC(=O)c1c(C)[nH]c(C(=O)OC(C)C(=O)c2ccc(C)cc2)c1C. The third-order valence-corrected chi connectivity index (χ3v) is 3.98. The van der Waals surface area contributed by atoms with Gasteiger partial charge in [0.2, 0.25) is 5.78 Å². The first-order valence-electron chi connectivity index (χ1n) is 7.74. The van der Waals surface area contributed by atoms with Crippen molar-refractivity contribution in [2.45, 2.75) is 40.7 Å². The quantitative estimate of drug-likeness (QED) is 0.673. The molecule has 1 atom stereocenters. The monoisotopic (exact) mass is 327 g/mol. The van der Waals surface area contributed by atoms with Crippen molar-refractivity contribution in [1.29, 1.82) is 0 Å². The molecule has 0 aliphatic carbocycles. The van der Waals surface area contributed by atoms with E-state index in [9.17, 15) is 14.4 Å². The number of esters is 1. The van der Waals surface area contributed by atoms with Crippen LogP contribution in [0.3, 0.4) is 0 Å². The van der Waals surface area contributed by atoms with Gasteiger partial charge in [-0.1, -0.05) is 29.8 Å². The Bertz CT molecular complexity index is 800. The summed E-state index contributed by atoms with van der Waals surface area (Å²) in [5, 5.41) is 0. The molecule has 2 aromatic rings. The summed E-state index contributed by atoms with van der Waals surface area (Å²) in [6.45, 7) is 8.32. The van der Waals surface area contributed by atoms with Crippen LogP contribution in [0, 0.1) is 20.8 Å². The third-order valence-electron chi connectivity index (χ3n) is 3.98. The number of hydrogen-bond donors (Lipinski definition) is 1. The molecule has 0 fully saturated rings. The lowest BCUT2D eigenvalue weighted by molar-refractivity contribution is 0.0313. The molecule has 126 valence electrons. The summed E-state index contributed by atoms with van der Waals surface area (Å²) < 4.78 is 5.28. The van der Waals surface area contributed by atoms with Gasteiger partial charge in [-0.05, 0) is 40.2 Å². The fourth-order valence-electron chi connectivity index (χ4n) is 2.71. The van der Waals surface area contributed by atoms with Gasteiger partial charge in [0, 0.05) is 16.8 Å². The Hall–Kier alpha value is -2.69. The Morgan fingerprint density at radius 2 is 1.62 bits per heavy atom. The Labute approximate surface area is 141 Å². The topological polar surface area (TPSA) is 76.2 Å². The first-order valence-corrected chi connectivity index (χ1v) is 7.74. The Balaban J connectivity index is 2.17. The summed E-state index contributed by atoms with van der Waals surface area (Å²) in [6, 6.07) is 7.08. The Morgan fingerprint density at radius 3 is 2.12 bits per heavy atom. The van der Waals surface area contributed by atoms with Crippen LogP contribution in [-0.2, 0) is 4.74 Å². The molecule has 0 aliphatic heterocycles. The molecule has 1 heterocycles. The Morgan fingerprint density at radius 1 is 1.04 bits per heavy atom. The van der Waals surface area contributed by atoms with Crippen molar-refractivity contribution < 1.29 is 19.1 Å². The predicted molar refractivity (Wildman–Crippen MR) is 90.7 cm³/mol. The largest absolute Gasteiger partial charge is 0.450 e. The fraction of sp³-hybridized carbons (Fsp3) is 0.316. The third kappa shape index (κ3) is 3.45. The lowest BCUT2D eigenvalue weighted by Crippen LogP contribution is -2.25. The first kappa shape index (κ1) is 17.7. The normalized spacial score (nSPS) is 11.9. The highest BCUT2D eigenvalue weighted by Crippen LogP contribution is 2.20. The maximum absolute atomic E-state index is 12.3. The molecule has 1 aromatic carbocycles. The second kappa shape index (κ2) is 6.83. The van der Waals surface area contributed by atoms with Gasteiger partial charge in [-0.15, -0.1) is 0 Å². The number of hydrogen-bond acceptors (Lipinski definition) is 4. The van der Waals surface area contributed by atoms with E-state index in [4.69, 9.17) is 4.74 Å². The molecule has 0 bridgehead atoms. The average Bonchev–Trinajstić information content (AvgIpc) is 2.82. The summed E-state index contributed by atoms with van der Waals surface area (Å²) in [5.41, 5.74) is 3.39.